The average Bonchev–Trinajstić information content (AvgIpc) is 3.47. The number of aryl methyl sites for hydroxylation is 2. The van der Waals surface area contributed by atoms with E-state index in [4.69, 9.17) is 14.2 Å². The highest BCUT2D eigenvalue weighted by Crippen LogP contribution is 2.34. The van der Waals surface area contributed by atoms with Crippen LogP contribution in [-0.4, -0.2) is 36.0 Å². The van der Waals surface area contributed by atoms with E-state index < -0.39 is 0 Å². The summed E-state index contributed by atoms with van der Waals surface area (Å²) in [7, 11) is 1.61. The van der Waals surface area contributed by atoms with Crippen LogP contribution in [0.15, 0.2) is 47.6 Å². The topological polar surface area (TPSA) is 94.9 Å². The van der Waals surface area contributed by atoms with Crippen LogP contribution in [0.25, 0.3) is 22.4 Å². The zero-order chi connectivity index (χ0) is 24.4. The Hall–Kier alpha value is -4.24. The molecule has 1 aliphatic rings. The summed E-state index contributed by atoms with van der Waals surface area (Å²) in [5.74, 6) is 2.50. The van der Waals surface area contributed by atoms with Crippen molar-refractivity contribution in [1.29, 1.82) is 0 Å². The summed E-state index contributed by atoms with van der Waals surface area (Å²) in [5.41, 5.74) is 6.06. The van der Waals surface area contributed by atoms with Gasteiger partial charge in [0, 0.05) is 5.39 Å². The molecular formula is C26H22N4O4S. The smallest absolute Gasteiger partial charge is 0.281 e. The highest BCUT2D eigenvalue weighted by Gasteiger charge is 2.19. The van der Waals surface area contributed by atoms with Gasteiger partial charge in [0.05, 0.1) is 23.9 Å². The number of nitrogens with zero attached hydrogens (tertiary/aromatic N) is 3. The van der Waals surface area contributed by atoms with Gasteiger partial charge in [0.15, 0.2) is 17.3 Å². The Bertz CT molecular complexity index is 1480. The molecule has 0 fully saturated rings. The van der Waals surface area contributed by atoms with Crippen molar-refractivity contribution in [1.82, 2.24) is 15.4 Å². The van der Waals surface area contributed by atoms with Gasteiger partial charge in [-0.15, -0.1) is 11.3 Å². The molecule has 9 heteroatoms. The van der Waals surface area contributed by atoms with Crippen molar-refractivity contribution in [2.75, 3.05) is 13.9 Å². The maximum absolute atomic E-state index is 12.8. The number of ether oxygens (including phenoxy) is 3. The number of hydrogen-bond acceptors (Lipinski definition) is 8. The summed E-state index contributed by atoms with van der Waals surface area (Å²) in [5, 5.41) is 4.98. The molecule has 0 saturated heterocycles. The van der Waals surface area contributed by atoms with Crippen molar-refractivity contribution >= 4 is 45.8 Å². The zero-order valence-electron chi connectivity index (χ0n) is 19.4. The van der Waals surface area contributed by atoms with Crippen LogP contribution in [0.4, 0.5) is 0 Å². The van der Waals surface area contributed by atoms with Gasteiger partial charge in [-0.25, -0.2) is 15.4 Å². The lowest BCUT2D eigenvalue weighted by atomic mass is 10.1. The van der Waals surface area contributed by atoms with Crippen LogP contribution in [-0.2, 0) is 0 Å². The fourth-order valence-corrected chi connectivity index (χ4v) is 4.87. The van der Waals surface area contributed by atoms with Crippen LogP contribution in [0.5, 0.6) is 17.2 Å². The van der Waals surface area contributed by atoms with Gasteiger partial charge in [-0.1, -0.05) is 12.1 Å². The first-order chi connectivity index (χ1) is 17.0. The fraction of sp³-hybridized carbons (Fsp3) is 0.154. The highest BCUT2D eigenvalue weighted by atomic mass is 32.1. The van der Waals surface area contributed by atoms with Gasteiger partial charge in [-0.2, -0.15) is 5.10 Å². The molecule has 0 aliphatic carbocycles. The largest absolute Gasteiger partial charge is 0.497 e. The van der Waals surface area contributed by atoms with E-state index >= 15 is 0 Å². The monoisotopic (exact) mass is 486 g/mol. The second-order valence-electron chi connectivity index (χ2n) is 7.82. The zero-order valence-corrected chi connectivity index (χ0v) is 20.2. The van der Waals surface area contributed by atoms with E-state index in [1.54, 1.807) is 13.3 Å². The minimum atomic E-state index is -0.285. The molecule has 3 heterocycles. The van der Waals surface area contributed by atoms with Crippen LogP contribution in [0.1, 0.15) is 37.9 Å². The number of rotatable bonds is 6. The van der Waals surface area contributed by atoms with E-state index in [9.17, 15) is 4.79 Å². The number of carbonyl (C=O) groups is 1. The molecule has 4 aromatic rings. The number of methoxy groups -OCH3 is 1. The van der Waals surface area contributed by atoms with E-state index in [-0.39, 0.29) is 12.7 Å². The number of fused-ring (bicyclic) bond motifs is 2. The molecule has 8 nitrogen and oxygen atoms in total. The molecule has 0 spiro atoms. The van der Waals surface area contributed by atoms with Crippen LogP contribution < -0.4 is 19.6 Å². The first-order valence-corrected chi connectivity index (χ1v) is 11.7. The van der Waals surface area contributed by atoms with Crippen LogP contribution >= 0.6 is 11.3 Å². The Labute approximate surface area is 205 Å². The molecule has 1 N–H and O–H groups in total. The van der Waals surface area contributed by atoms with Gasteiger partial charge in [0.25, 0.3) is 5.91 Å². The van der Waals surface area contributed by atoms with E-state index in [0.29, 0.717) is 10.7 Å². The number of nitrogens with one attached hydrogen (secondary N) is 1. The molecular weight excluding hydrogens is 464 g/mol. The molecule has 0 atom stereocenters. The van der Waals surface area contributed by atoms with E-state index in [1.807, 2.05) is 68.5 Å². The number of thiophene rings is 1. The molecule has 2 aromatic heterocycles. The maximum atomic E-state index is 12.8. The van der Waals surface area contributed by atoms with Crippen LogP contribution in [0.2, 0.25) is 0 Å². The average molecular weight is 487 g/mol. The van der Waals surface area contributed by atoms with Gasteiger partial charge >= 0.3 is 0 Å². The standard InChI is InChI=1S/C26H22N4O4S/c1-15-23-16(2)28-22(11-7-17-6-10-20-21(12-17)34-14-33-20)29-26(23)35-24(15)25(31)30-27-13-18-4-8-19(32-3)9-5-18/h4-13H,14H2,1-3H3,(H,30,31)/b11-7+,27-13+. The SMILES string of the molecule is COc1ccc(/C=N/NC(=O)c2sc3nc(/C=C/c4ccc5c(c4)OCO5)nc(C)c3c2C)cc1. The molecule has 0 radical (unpaired) electrons. The number of hydrazone groups is 1. The molecule has 1 amide bonds. The Morgan fingerprint density at radius 3 is 2.63 bits per heavy atom. The summed E-state index contributed by atoms with van der Waals surface area (Å²) in [6.07, 6.45) is 5.35. The van der Waals surface area contributed by atoms with E-state index in [2.05, 4.69) is 20.5 Å². The van der Waals surface area contributed by atoms with Gasteiger partial charge in [0.2, 0.25) is 6.79 Å². The molecule has 1 aliphatic heterocycles. The number of carbonyl (C=O) groups excluding carboxylic acids is 1. The van der Waals surface area contributed by atoms with Crippen molar-refractivity contribution in [2.24, 2.45) is 5.10 Å². The second kappa shape index (κ2) is 9.55. The second-order valence-corrected chi connectivity index (χ2v) is 8.82. The Kier molecular flexibility index (Phi) is 6.15. The number of aromatic nitrogens is 2. The predicted molar refractivity (Wildman–Crippen MR) is 136 cm³/mol. The van der Waals surface area contributed by atoms with Crippen molar-refractivity contribution < 1.29 is 19.0 Å². The minimum absolute atomic E-state index is 0.238. The summed E-state index contributed by atoms with van der Waals surface area (Å²) in [6, 6.07) is 13.1. The molecule has 35 heavy (non-hydrogen) atoms. The Morgan fingerprint density at radius 2 is 1.83 bits per heavy atom. The molecule has 176 valence electrons. The Morgan fingerprint density at radius 1 is 1.06 bits per heavy atom. The maximum Gasteiger partial charge on any atom is 0.281 e. The van der Waals surface area contributed by atoms with Crippen LogP contribution in [0, 0.1) is 13.8 Å². The minimum Gasteiger partial charge on any atom is -0.497 e. The fourth-order valence-electron chi connectivity index (χ4n) is 3.74. The first-order valence-electron chi connectivity index (χ1n) is 10.8. The van der Waals surface area contributed by atoms with Gasteiger partial charge in [-0.3, -0.25) is 4.79 Å². The predicted octanol–water partition coefficient (Wildman–Crippen LogP) is 4.98. The number of amides is 1. The van der Waals surface area contributed by atoms with E-state index in [1.165, 1.54) is 11.3 Å². The van der Waals surface area contributed by atoms with Crippen molar-refractivity contribution in [3.63, 3.8) is 0 Å². The van der Waals surface area contributed by atoms with Crippen LogP contribution in [0.3, 0.4) is 0 Å². The summed E-state index contributed by atoms with van der Waals surface area (Å²) in [6.45, 7) is 4.06. The van der Waals surface area contributed by atoms with Gasteiger partial charge < -0.3 is 14.2 Å². The van der Waals surface area contributed by atoms with Gasteiger partial charge in [0.1, 0.15) is 10.6 Å². The van der Waals surface area contributed by atoms with Gasteiger partial charge in [-0.05, 0) is 73.0 Å². The lowest BCUT2D eigenvalue weighted by Crippen LogP contribution is -2.17. The lowest BCUT2D eigenvalue weighted by molar-refractivity contribution is 0.0958. The quantitative estimate of drug-likeness (QED) is 0.305. The third-order valence-electron chi connectivity index (χ3n) is 5.51. The Balaban J connectivity index is 1.34. The number of hydrogen-bond donors (Lipinski definition) is 1. The first kappa shape index (κ1) is 22.5. The highest BCUT2D eigenvalue weighted by molar-refractivity contribution is 7.20. The molecule has 0 saturated carbocycles. The summed E-state index contributed by atoms with van der Waals surface area (Å²) < 4.78 is 15.9. The van der Waals surface area contributed by atoms with Crippen molar-refractivity contribution in [3.05, 3.63) is 75.6 Å². The van der Waals surface area contributed by atoms with E-state index in [0.717, 1.165) is 49.8 Å². The third-order valence-corrected chi connectivity index (χ3v) is 6.70. The molecule has 5 rings (SSSR count). The van der Waals surface area contributed by atoms with Crippen molar-refractivity contribution in [3.8, 4) is 17.2 Å². The molecule has 0 unspecified atom stereocenters. The normalized spacial score (nSPS) is 12.7. The third kappa shape index (κ3) is 4.71. The van der Waals surface area contributed by atoms with Crippen molar-refractivity contribution in [2.45, 2.75) is 13.8 Å². The number of benzene rings is 2. The lowest BCUT2D eigenvalue weighted by Gasteiger charge is -2.01. The summed E-state index contributed by atoms with van der Waals surface area (Å²) >= 11 is 1.33. The molecule has 2 aromatic carbocycles. The summed E-state index contributed by atoms with van der Waals surface area (Å²) in [4.78, 5) is 23.4. The molecule has 0 bridgehead atoms.